The molecular formula is C90H156O6P8. The average Bonchev–Trinajstić information content (AvgIpc) is 2.56. The number of hydrogen-bond acceptors (Lipinski definition) is 6. The second-order valence-corrected chi connectivity index (χ2v) is 28.9. The molecule has 16 unspecified atom stereocenters. The Morgan fingerprint density at radius 1 is 0.260 bits per heavy atom. The molecule has 0 bridgehead atoms. The van der Waals surface area contributed by atoms with Gasteiger partial charge in [0.1, 0.15) is 0 Å². The Morgan fingerprint density at radius 3 is 0.837 bits per heavy atom. The Hall–Kier alpha value is -2.00. The molecule has 0 aliphatic carbocycles. The van der Waals surface area contributed by atoms with E-state index in [0.29, 0.717) is 28.8 Å². The van der Waals surface area contributed by atoms with Crippen LogP contribution in [-0.4, -0.2) is 36.6 Å². The van der Waals surface area contributed by atoms with Crippen LogP contribution in [0.25, 0.3) is 0 Å². The molecule has 0 amide bonds. The molecule has 0 aliphatic rings. The van der Waals surface area contributed by atoms with Gasteiger partial charge in [-0.1, -0.05) is 420 Å². The van der Waals surface area contributed by atoms with E-state index in [1.54, 1.807) is 0 Å². The van der Waals surface area contributed by atoms with Crippen molar-refractivity contribution in [2.24, 2.45) is 11.8 Å². The summed E-state index contributed by atoms with van der Waals surface area (Å²) >= 11 is 0. The smallest absolute Gasteiger partial charge is 0.0836 e. The van der Waals surface area contributed by atoms with E-state index >= 15 is 0 Å². The third kappa shape index (κ3) is 87.2. The van der Waals surface area contributed by atoms with Gasteiger partial charge in [-0.15, -0.1) is 0 Å². The highest BCUT2D eigenvalue weighted by Crippen LogP contribution is 2.27. The second kappa shape index (κ2) is 97.1. The van der Waals surface area contributed by atoms with E-state index in [2.05, 4.69) is 368 Å². The largest absolute Gasteiger partial charge is 0.358 e. The summed E-state index contributed by atoms with van der Waals surface area (Å²) in [7, 11) is 15.7. The predicted molar refractivity (Wildman–Crippen MR) is 498 cm³/mol. The van der Waals surface area contributed by atoms with Gasteiger partial charge in [0.15, 0.2) is 0 Å². The monoisotopic (exact) mass is 1580 g/mol. The van der Waals surface area contributed by atoms with Crippen LogP contribution in [0.1, 0.15) is 275 Å². The zero-order valence-electron chi connectivity index (χ0n) is 67.3. The van der Waals surface area contributed by atoms with Gasteiger partial charge in [0.2, 0.25) is 0 Å². The molecule has 0 N–H and O–H groups in total. The Kier molecular flexibility index (Phi) is 101. The average molecular weight is 1580 g/mol. The van der Waals surface area contributed by atoms with E-state index in [4.69, 9.17) is 27.1 Å². The summed E-state index contributed by atoms with van der Waals surface area (Å²) in [6.45, 7) is 22.0. The Morgan fingerprint density at radius 2 is 0.538 bits per heavy atom. The van der Waals surface area contributed by atoms with Crippen molar-refractivity contribution in [3.05, 3.63) is 243 Å². The van der Waals surface area contributed by atoms with Crippen molar-refractivity contribution < 1.29 is 27.1 Å². The first-order valence-electron chi connectivity index (χ1n) is 40.0. The van der Waals surface area contributed by atoms with Gasteiger partial charge in [-0.05, 0) is 127 Å². The molecule has 0 aromatic carbocycles. The van der Waals surface area contributed by atoms with Crippen molar-refractivity contribution in [1.29, 1.82) is 0 Å². The number of rotatable bonds is 64. The van der Waals surface area contributed by atoms with E-state index in [1.807, 2.05) is 0 Å². The Balaban J connectivity index is -0.000000641. The van der Waals surface area contributed by atoms with Crippen LogP contribution in [0.5, 0.6) is 0 Å². The molecule has 0 saturated heterocycles. The van der Waals surface area contributed by atoms with Gasteiger partial charge < -0.3 is 27.1 Å². The summed E-state index contributed by atoms with van der Waals surface area (Å²) < 4.78 is 33.2. The van der Waals surface area contributed by atoms with Crippen LogP contribution in [0, 0.1) is 11.8 Å². The van der Waals surface area contributed by atoms with E-state index < -0.39 is 0 Å². The molecule has 0 radical (unpaired) electrons. The highest BCUT2D eigenvalue weighted by molar-refractivity contribution is 8.00. The molecule has 0 aromatic heterocycles. The molecule has 592 valence electrons. The van der Waals surface area contributed by atoms with Crippen molar-refractivity contribution in [3.8, 4) is 0 Å². The molecule has 0 heterocycles. The zero-order chi connectivity index (χ0) is 77.2. The fraction of sp³-hybridized carbons (Fsp3) is 0.556. The molecule has 0 rings (SSSR count). The van der Waals surface area contributed by atoms with E-state index in [9.17, 15) is 0 Å². The highest BCUT2D eigenvalue weighted by Gasteiger charge is 2.13. The number of unbranched alkanes of at least 4 members (excludes halogenated alkanes) is 14. The van der Waals surface area contributed by atoms with Crippen LogP contribution in [0.15, 0.2) is 243 Å². The standard InChI is InChI=1S/2C23H39OP.2C22H39O2P3/c2*1-4-6-8-9-10-11-12-13-14-15-16-17-19-21-23(24-25)22(3)20-18-7-5-2;2*1-3-5-7-14-17-21(23-25)18-15-11-9-8-10-12-16-20-22(24-27-26)19-13-6-4-2/h2*7,11-12,14-19,21-23H,4-6,8-10,13,20,25H2,1-3H3;2*6,9-13,15-16,18,20-22,27H,3-5,7-8,14,17,19,25-26H2,1-2H3/b12-11-,15-14-,17-16+,18-7-,21-19+;;11-9-,12-10-,13-6-,18-15+,20-16+;. The van der Waals surface area contributed by atoms with Gasteiger partial charge in [0.05, 0.1) is 36.6 Å². The van der Waals surface area contributed by atoms with Crippen LogP contribution in [-0.2, 0) is 27.1 Å². The minimum atomic E-state index is 0.135. The fourth-order valence-corrected chi connectivity index (χ4v) is 12.6. The molecular weight excluding hydrogens is 1420 g/mol. The maximum Gasteiger partial charge on any atom is 0.0836 e. The maximum atomic E-state index is 5.70. The van der Waals surface area contributed by atoms with Crippen molar-refractivity contribution >= 4 is 72.7 Å². The van der Waals surface area contributed by atoms with Crippen LogP contribution in [0.2, 0.25) is 0 Å². The van der Waals surface area contributed by atoms with Gasteiger partial charge in [0.25, 0.3) is 0 Å². The van der Waals surface area contributed by atoms with Crippen molar-refractivity contribution in [2.75, 3.05) is 0 Å². The van der Waals surface area contributed by atoms with Crippen LogP contribution < -0.4 is 0 Å². The summed E-state index contributed by atoms with van der Waals surface area (Å²) in [5.74, 6) is 0.950. The lowest BCUT2D eigenvalue weighted by Crippen LogP contribution is -2.14. The molecule has 104 heavy (non-hydrogen) atoms. The molecule has 0 spiro atoms. The minimum Gasteiger partial charge on any atom is -0.358 e. The van der Waals surface area contributed by atoms with Crippen LogP contribution in [0.3, 0.4) is 0 Å². The number of allylic oxidation sites excluding steroid dienone is 32. The lowest BCUT2D eigenvalue weighted by Gasteiger charge is -2.17. The predicted octanol–water partition coefficient (Wildman–Crippen LogP) is 31.2. The normalized spacial score (nSPS) is 15.6. The summed E-state index contributed by atoms with van der Waals surface area (Å²) in [4.78, 5) is 0. The number of hydrogen-bond donors (Lipinski definition) is 0. The lowest BCUT2D eigenvalue weighted by atomic mass is 10.00. The third-order valence-electron chi connectivity index (χ3n) is 16.0. The molecule has 14 heteroatoms. The molecule has 0 aromatic rings. The van der Waals surface area contributed by atoms with Gasteiger partial charge in [-0.3, -0.25) is 0 Å². The second-order valence-electron chi connectivity index (χ2n) is 25.4. The van der Waals surface area contributed by atoms with Gasteiger partial charge in [0, 0.05) is 54.9 Å². The molecule has 16 atom stereocenters. The zero-order valence-corrected chi connectivity index (χ0v) is 76.2. The highest BCUT2D eigenvalue weighted by atomic mass is 32.0. The van der Waals surface area contributed by atoms with Gasteiger partial charge in [-0.2, -0.15) is 0 Å². The first kappa shape index (κ1) is 108. The summed E-state index contributed by atoms with van der Waals surface area (Å²) in [5, 5.41) is 0. The fourth-order valence-electron chi connectivity index (χ4n) is 9.65. The van der Waals surface area contributed by atoms with Crippen LogP contribution >= 0.6 is 72.7 Å². The SMILES string of the molecule is CC/C=C\CC(/C=C/C=C\C/C=C\C=C\C(CCCCCC)OP)OPP.CC/C=C\CC(C)C(/C=C/C=C/C=C\C/C=C\CCCCCC)OP.CCC=CCC(C)C(C=CC=CC=CCC=CCCCCCC)OP.CCC=CCC(C=CC=CCC=CC=CC(CCCCCC)OP)OPP. The van der Waals surface area contributed by atoms with Crippen molar-refractivity contribution in [3.63, 3.8) is 0 Å². The first-order valence-corrected chi connectivity index (χ1v) is 47.3. The van der Waals surface area contributed by atoms with Crippen LogP contribution in [0.4, 0.5) is 0 Å². The summed E-state index contributed by atoms with van der Waals surface area (Å²) in [6, 6.07) is 0. The van der Waals surface area contributed by atoms with Crippen molar-refractivity contribution in [1.82, 2.24) is 0 Å². The van der Waals surface area contributed by atoms with E-state index in [1.165, 1.54) is 116 Å². The lowest BCUT2D eigenvalue weighted by molar-refractivity contribution is 0.222. The maximum absolute atomic E-state index is 5.70. The van der Waals surface area contributed by atoms with Gasteiger partial charge >= 0.3 is 0 Å². The third-order valence-corrected chi connectivity index (χ3v) is 19.0. The Bertz CT molecular complexity index is 2240. The molecule has 0 fully saturated rings. The molecule has 0 saturated carbocycles. The quantitative estimate of drug-likeness (QED) is 0.0262. The summed E-state index contributed by atoms with van der Waals surface area (Å²) in [5.41, 5.74) is 0. The topological polar surface area (TPSA) is 55.4 Å². The van der Waals surface area contributed by atoms with Gasteiger partial charge in [-0.25, -0.2) is 0 Å². The molecule has 6 nitrogen and oxygen atoms in total. The molecule has 0 aliphatic heterocycles. The van der Waals surface area contributed by atoms with Crippen molar-refractivity contribution in [2.45, 2.75) is 311 Å². The minimum absolute atomic E-state index is 0.135. The van der Waals surface area contributed by atoms with E-state index in [0.717, 1.165) is 89.9 Å². The Labute approximate surface area is 661 Å². The summed E-state index contributed by atoms with van der Waals surface area (Å²) in [6.07, 6.45) is 125. The first-order chi connectivity index (χ1) is 51.1. The van der Waals surface area contributed by atoms with E-state index in [-0.39, 0.29) is 36.6 Å².